The Morgan fingerprint density at radius 1 is 1.11 bits per heavy atom. The zero-order valence-electron chi connectivity index (χ0n) is 14.6. The summed E-state index contributed by atoms with van der Waals surface area (Å²) in [6.45, 7) is 0.466. The van der Waals surface area contributed by atoms with E-state index in [2.05, 4.69) is 20.2 Å². The van der Waals surface area contributed by atoms with Crippen LogP contribution in [0.25, 0.3) is 11.5 Å². The maximum absolute atomic E-state index is 12.9. The van der Waals surface area contributed by atoms with Crippen LogP contribution in [0.5, 0.6) is 0 Å². The molecule has 8 nitrogen and oxygen atoms in total. The molecule has 0 bridgehead atoms. The van der Waals surface area contributed by atoms with Crippen molar-refractivity contribution in [3.8, 4) is 11.5 Å². The van der Waals surface area contributed by atoms with Crippen LogP contribution in [0.2, 0.25) is 0 Å². The zero-order chi connectivity index (χ0) is 18.7. The van der Waals surface area contributed by atoms with E-state index in [-0.39, 0.29) is 5.75 Å². The minimum absolute atomic E-state index is 0.0388. The fraction of sp³-hybridized carbons (Fsp3) is 0.333. The molecule has 9 heteroatoms. The molecule has 0 unspecified atom stereocenters. The van der Waals surface area contributed by atoms with Gasteiger partial charge in [-0.25, -0.2) is 8.42 Å². The lowest BCUT2D eigenvalue weighted by Gasteiger charge is -2.21. The fourth-order valence-electron chi connectivity index (χ4n) is 3.21. The van der Waals surface area contributed by atoms with Crippen molar-refractivity contribution in [2.24, 2.45) is 0 Å². The van der Waals surface area contributed by atoms with E-state index in [4.69, 9.17) is 4.42 Å². The second-order valence-electron chi connectivity index (χ2n) is 6.38. The summed E-state index contributed by atoms with van der Waals surface area (Å²) in [5, 5.41) is 8.15. The molecule has 27 heavy (non-hydrogen) atoms. The number of nitrogens with zero attached hydrogens (tertiary/aromatic N) is 5. The summed E-state index contributed by atoms with van der Waals surface area (Å²) in [5.74, 6) is 0.717. The van der Waals surface area contributed by atoms with E-state index in [0.29, 0.717) is 36.7 Å². The Labute approximate surface area is 157 Å². The van der Waals surface area contributed by atoms with E-state index in [1.807, 2.05) is 18.2 Å². The predicted molar refractivity (Wildman–Crippen MR) is 97.9 cm³/mol. The first-order valence-corrected chi connectivity index (χ1v) is 10.4. The van der Waals surface area contributed by atoms with Crippen molar-refractivity contribution in [1.29, 1.82) is 0 Å². The molecule has 0 radical (unpaired) electrons. The highest BCUT2D eigenvalue weighted by Gasteiger charge is 2.38. The molecule has 1 aliphatic rings. The maximum atomic E-state index is 12.9. The number of pyridine rings is 2. The van der Waals surface area contributed by atoms with Crippen LogP contribution in [-0.4, -0.2) is 45.2 Å². The molecule has 0 aromatic carbocycles. The molecule has 3 aromatic rings. The molecule has 4 heterocycles. The molecule has 4 rings (SSSR count). The third-order valence-corrected chi connectivity index (χ3v) is 6.46. The molecular weight excluding hydrogens is 366 g/mol. The smallest absolute Gasteiger partial charge is 0.249 e. The topological polar surface area (TPSA) is 102 Å². The molecule has 140 valence electrons. The van der Waals surface area contributed by atoms with Gasteiger partial charge in [0.05, 0.1) is 11.3 Å². The van der Waals surface area contributed by atoms with Crippen molar-refractivity contribution in [1.82, 2.24) is 24.5 Å². The number of sulfonamides is 1. The van der Waals surface area contributed by atoms with Crippen LogP contribution < -0.4 is 0 Å². The van der Waals surface area contributed by atoms with Crippen LogP contribution in [0.4, 0.5) is 0 Å². The molecule has 1 fully saturated rings. The third kappa shape index (κ3) is 3.88. The van der Waals surface area contributed by atoms with Gasteiger partial charge in [-0.3, -0.25) is 9.97 Å². The Balaban J connectivity index is 1.51. The summed E-state index contributed by atoms with van der Waals surface area (Å²) in [5.41, 5.74) is 1.65. The molecule has 0 aliphatic carbocycles. The van der Waals surface area contributed by atoms with Gasteiger partial charge in [-0.2, -0.15) is 4.31 Å². The third-order valence-electron chi connectivity index (χ3n) is 4.59. The molecule has 0 amide bonds. The second kappa shape index (κ2) is 7.53. The van der Waals surface area contributed by atoms with Crippen molar-refractivity contribution < 1.29 is 12.8 Å². The minimum Gasteiger partial charge on any atom is -0.419 e. The van der Waals surface area contributed by atoms with E-state index < -0.39 is 16.1 Å². The molecular formula is C18H19N5O3S. The Morgan fingerprint density at radius 2 is 1.96 bits per heavy atom. The van der Waals surface area contributed by atoms with Crippen molar-refractivity contribution in [2.75, 3.05) is 12.3 Å². The van der Waals surface area contributed by atoms with Gasteiger partial charge in [-0.15, -0.1) is 10.2 Å². The van der Waals surface area contributed by atoms with Gasteiger partial charge < -0.3 is 4.42 Å². The highest BCUT2D eigenvalue weighted by atomic mass is 32.2. The van der Waals surface area contributed by atoms with Gasteiger partial charge in [-0.05, 0) is 49.1 Å². The van der Waals surface area contributed by atoms with Crippen LogP contribution in [0, 0.1) is 0 Å². The molecule has 0 N–H and O–H groups in total. The van der Waals surface area contributed by atoms with E-state index >= 15 is 0 Å². The first-order valence-electron chi connectivity index (χ1n) is 8.76. The number of hydrogen-bond donors (Lipinski definition) is 0. The molecule has 3 aromatic heterocycles. The summed E-state index contributed by atoms with van der Waals surface area (Å²) in [4.78, 5) is 7.99. The van der Waals surface area contributed by atoms with Crippen molar-refractivity contribution in [3.05, 3.63) is 60.5 Å². The highest BCUT2D eigenvalue weighted by molar-refractivity contribution is 7.89. The molecule has 0 saturated carbocycles. The monoisotopic (exact) mass is 385 g/mol. The summed E-state index contributed by atoms with van der Waals surface area (Å²) in [6.07, 6.45) is 8.51. The van der Waals surface area contributed by atoms with Crippen molar-refractivity contribution >= 4 is 10.0 Å². The van der Waals surface area contributed by atoms with Gasteiger partial charge in [0, 0.05) is 31.3 Å². The minimum atomic E-state index is -3.44. The second-order valence-corrected chi connectivity index (χ2v) is 8.42. The zero-order valence-corrected chi connectivity index (χ0v) is 15.4. The van der Waals surface area contributed by atoms with E-state index in [9.17, 15) is 8.42 Å². The number of aromatic nitrogens is 4. The Bertz CT molecular complexity index is 992. The Morgan fingerprint density at radius 3 is 2.74 bits per heavy atom. The standard InChI is InChI=1S/C18H19N5O3S/c24-27(25,12-7-14-5-9-19-10-6-14)23-11-2-4-16(23)18-22-21-17(26-18)15-3-1-8-20-13-15/h1,3,5-6,8-10,13,16H,2,4,7,11-12H2/t16-/m1/s1. The lowest BCUT2D eigenvalue weighted by molar-refractivity contribution is 0.332. The van der Waals surface area contributed by atoms with Gasteiger partial charge in [0.25, 0.3) is 0 Å². The summed E-state index contributed by atoms with van der Waals surface area (Å²) in [7, 11) is -3.44. The normalized spacial score (nSPS) is 18.0. The summed E-state index contributed by atoms with van der Waals surface area (Å²) in [6, 6.07) is 6.85. The van der Waals surface area contributed by atoms with Gasteiger partial charge >= 0.3 is 0 Å². The fourth-order valence-corrected chi connectivity index (χ4v) is 4.93. The van der Waals surface area contributed by atoms with E-state index in [0.717, 1.165) is 12.0 Å². The number of rotatable bonds is 6. The molecule has 1 aliphatic heterocycles. The summed E-state index contributed by atoms with van der Waals surface area (Å²) >= 11 is 0. The van der Waals surface area contributed by atoms with E-state index in [1.54, 1.807) is 30.9 Å². The quantitative estimate of drug-likeness (QED) is 0.641. The van der Waals surface area contributed by atoms with Gasteiger partial charge in [-0.1, -0.05) is 0 Å². The van der Waals surface area contributed by atoms with Crippen molar-refractivity contribution in [2.45, 2.75) is 25.3 Å². The van der Waals surface area contributed by atoms with Gasteiger partial charge in [0.1, 0.15) is 6.04 Å². The first-order chi connectivity index (χ1) is 13.1. The van der Waals surface area contributed by atoms with Crippen LogP contribution in [0.1, 0.15) is 30.3 Å². The van der Waals surface area contributed by atoms with Crippen LogP contribution in [0.3, 0.4) is 0 Å². The number of hydrogen-bond acceptors (Lipinski definition) is 7. The van der Waals surface area contributed by atoms with Crippen LogP contribution in [-0.2, 0) is 16.4 Å². The lowest BCUT2D eigenvalue weighted by Crippen LogP contribution is -2.33. The Hall–Kier alpha value is -2.65. The largest absolute Gasteiger partial charge is 0.419 e. The van der Waals surface area contributed by atoms with Crippen molar-refractivity contribution in [3.63, 3.8) is 0 Å². The molecule has 1 saturated heterocycles. The van der Waals surface area contributed by atoms with Gasteiger partial charge in [0.15, 0.2) is 0 Å². The SMILES string of the molecule is O=S(=O)(CCc1ccncc1)N1CCC[C@@H]1c1nnc(-c2cccnc2)o1. The number of aryl methyl sites for hydroxylation is 1. The average molecular weight is 385 g/mol. The van der Waals surface area contributed by atoms with Crippen LogP contribution >= 0.6 is 0 Å². The molecule has 1 atom stereocenters. The highest BCUT2D eigenvalue weighted by Crippen LogP contribution is 2.34. The predicted octanol–water partition coefficient (Wildman–Crippen LogP) is 2.24. The first kappa shape index (κ1) is 17.7. The van der Waals surface area contributed by atoms with Gasteiger partial charge in [0.2, 0.25) is 21.8 Å². The average Bonchev–Trinajstić information content (AvgIpc) is 3.38. The Kier molecular flexibility index (Phi) is 4.95. The van der Waals surface area contributed by atoms with Crippen LogP contribution in [0.15, 0.2) is 53.5 Å². The maximum Gasteiger partial charge on any atom is 0.249 e. The molecule has 0 spiro atoms. The lowest BCUT2D eigenvalue weighted by atomic mass is 10.2. The summed E-state index contributed by atoms with van der Waals surface area (Å²) < 4.78 is 33.0. The van der Waals surface area contributed by atoms with E-state index in [1.165, 1.54) is 4.31 Å².